The lowest BCUT2D eigenvalue weighted by atomic mass is 9.95. The molecule has 0 radical (unpaired) electrons. The maximum absolute atomic E-state index is 11.9. The Hall–Kier alpha value is -1.81. The molecule has 23 heavy (non-hydrogen) atoms. The Morgan fingerprint density at radius 1 is 1.04 bits per heavy atom. The van der Waals surface area contributed by atoms with Gasteiger partial charge in [0, 0.05) is 26.7 Å². The van der Waals surface area contributed by atoms with Crippen molar-refractivity contribution in [1.82, 2.24) is 4.98 Å². The molecule has 0 atom stereocenters. The normalized spacial score (nSPS) is 11.0. The highest BCUT2D eigenvalue weighted by Gasteiger charge is 2.21. The minimum atomic E-state index is -1.07. The van der Waals surface area contributed by atoms with E-state index in [1.807, 2.05) is 0 Å². The lowest BCUT2D eigenvalue weighted by molar-refractivity contribution is 0.0699. The molecule has 0 spiro atoms. The highest BCUT2D eigenvalue weighted by molar-refractivity contribution is 6.39. The number of aryl methyl sites for hydroxylation is 1. The van der Waals surface area contributed by atoms with E-state index < -0.39 is 5.97 Å². The Bertz CT molecular complexity index is 937. The van der Waals surface area contributed by atoms with Crippen LogP contribution in [0.1, 0.15) is 16.1 Å². The third kappa shape index (κ3) is 2.88. The molecule has 6 heteroatoms. The zero-order chi connectivity index (χ0) is 16.7. The Morgan fingerprint density at radius 3 is 2.30 bits per heavy atom. The number of carboxylic acid groups (broad SMARTS) is 1. The molecule has 1 heterocycles. The van der Waals surface area contributed by atoms with Gasteiger partial charge in [-0.1, -0.05) is 46.9 Å². The highest BCUT2D eigenvalue weighted by Crippen LogP contribution is 2.36. The number of rotatable bonds is 2. The van der Waals surface area contributed by atoms with E-state index in [1.54, 1.807) is 43.3 Å². The number of pyridine rings is 1. The number of benzene rings is 2. The van der Waals surface area contributed by atoms with Crippen LogP contribution in [-0.4, -0.2) is 16.1 Å². The molecule has 0 aliphatic rings. The Balaban J connectivity index is 2.46. The van der Waals surface area contributed by atoms with Gasteiger partial charge in [0.1, 0.15) is 0 Å². The average molecular weight is 367 g/mol. The highest BCUT2D eigenvalue weighted by atomic mass is 35.5. The van der Waals surface area contributed by atoms with Crippen LogP contribution in [0.4, 0.5) is 0 Å². The van der Waals surface area contributed by atoms with Crippen LogP contribution in [0.3, 0.4) is 0 Å². The van der Waals surface area contributed by atoms with Crippen molar-refractivity contribution in [2.75, 3.05) is 0 Å². The van der Waals surface area contributed by atoms with Crippen molar-refractivity contribution in [1.29, 1.82) is 0 Å². The first-order valence-corrected chi connectivity index (χ1v) is 7.80. The minimum Gasteiger partial charge on any atom is -0.478 e. The Kier molecular flexibility index (Phi) is 4.19. The lowest BCUT2D eigenvalue weighted by Gasteiger charge is -2.14. The number of aromatic nitrogens is 1. The molecule has 0 aliphatic heterocycles. The minimum absolute atomic E-state index is 0.124. The number of halogens is 3. The molecule has 0 amide bonds. The number of carboxylic acids is 1. The van der Waals surface area contributed by atoms with Crippen molar-refractivity contribution >= 4 is 51.7 Å². The van der Waals surface area contributed by atoms with Gasteiger partial charge in [-0.3, -0.25) is 4.98 Å². The number of hydrogen-bond acceptors (Lipinski definition) is 2. The van der Waals surface area contributed by atoms with Crippen molar-refractivity contribution in [3.63, 3.8) is 0 Å². The first-order chi connectivity index (χ1) is 10.9. The molecule has 0 fully saturated rings. The monoisotopic (exact) mass is 365 g/mol. The van der Waals surface area contributed by atoms with Crippen molar-refractivity contribution in [3.05, 3.63) is 62.7 Å². The molecule has 3 nitrogen and oxygen atoms in total. The molecular weight excluding hydrogens is 357 g/mol. The molecule has 116 valence electrons. The van der Waals surface area contributed by atoms with Gasteiger partial charge >= 0.3 is 5.97 Å². The maximum atomic E-state index is 11.9. The topological polar surface area (TPSA) is 50.2 Å². The summed E-state index contributed by atoms with van der Waals surface area (Å²) < 4.78 is 0. The van der Waals surface area contributed by atoms with Crippen LogP contribution in [0.5, 0.6) is 0 Å². The lowest BCUT2D eigenvalue weighted by Crippen LogP contribution is -2.05. The van der Waals surface area contributed by atoms with E-state index >= 15 is 0 Å². The summed E-state index contributed by atoms with van der Waals surface area (Å²) >= 11 is 18.1. The second-order valence-corrected chi connectivity index (χ2v) is 6.32. The fourth-order valence-corrected chi connectivity index (χ4v) is 3.26. The van der Waals surface area contributed by atoms with E-state index in [0.29, 0.717) is 37.2 Å². The molecule has 3 aromatic rings. The summed E-state index contributed by atoms with van der Waals surface area (Å²) in [5, 5.41) is 11.4. The molecule has 0 unspecified atom stereocenters. The number of aromatic carboxylic acids is 1. The van der Waals surface area contributed by atoms with E-state index in [0.717, 1.165) is 5.56 Å². The summed E-state index contributed by atoms with van der Waals surface area (Å²) in [5.41, 5.74) is 2.36. The van der Waals surface area contributed by atoms with Crippen molar-refractivity contribution < 1.29 is 9.90 Å². The van der Waals surface area contributed by atoms with E-state index in [2.05, 4.69) is 4.98 Å². The number of nitrogens with zero attached hydrogens (tertiary/aromatic N) is 1. The standard InChI is InChI=1S/C17H10Cl3NO2/c1-8-14(9-2-4-10(18)5-3-9)15(17(22)23)12-6-11(19)7-13(20)16(12)21-8/h2-7H,1H3,(H,22,23). The Morgan fingerprint density at radius 2 is 1.70 bits per heavy atom. The molecule has 3 rings (SSSR count). The maximum Gasteiger partial charge on any atom is 0.337 e. The van der Waals surface area contributed by atoms with Gasteiger partial charge in [0.2, 0.25) is 0 Å². The van der Waals surface area contributed by atoms with Crippen LogP contribution >= 0.6 is 34.8 Å². The predicted molar refractivity (Wildman–Crippen MR) is 93.9 cm³/mol. The van der Waals surface area contributed by atoms with E-state index in [-0.39, 0.29) is 5.56 Å². The van der Waals surface area contributed by atoms with Crippen LogP contribution < -0.4 is 0 Å². The van der Waals surface area contributed by atoms with Gasteiger partial charge in [0.15, 0.2) is 0 Å². The molecule has 0 saturated carbocycles. The van der Waals surface area contributed by atoms with Crippen LogP contribution in [0, 0.1) is 6.92 Å². The first-order valence-electron chi connectivity index (χ1n) is 6.67. The second-order valence-electron chi connectivity index (χ2n) is 5.04. The molecule has 2 aromatic carbocycles. The fourth-order valence-electron chi connectivity index (χ4n) is 2.60. The van der Waals surface area contributed by atoms with Gasteiger partial charge in [-0.05, 0) is 36.8 Å². The Labute approximate surface area is 147 Å². The van der Waals surface area contributed by atoms with Gasteiger partial charge in [0.25, 0.3) is 0 Å². The fraction of sp³-hybridized carbons (Fsp3) is 0.0588. The number of hydrogen-bond donors (Lipinski definition) is 1. The molecule has 0 bridgehead atoms. The van der Waals surface area contributed by atoms with Crippen LogP contribution in [0.2, 0.25) is 15.1 Å². The SMILES string of the molecule is Cc1nc2c(Cl)cc(Cl)cc2c(C(=O)O)c1-c1ccc(Cl)cc1. The molecule has 0 aliphatic carbocycles. The molecular formula is C17H10Cl3NO2. The predicted octanol–water partition coefficient (Wildman–Crippen LogP) is 5.87. The molecule has 1 N–H and O–H groups in total. The zero-order valence-corrected chi connectivity index (χ0v) is 14.2. The van der Waals surface area contributed by atoms with Crippen LogP contribution in [0.25, 0.3) is 22.0 Å². The number of fused-ring (bicyclic) bond motifs is 1. The van der Waals surface area contributed by atoms with Gasteiger partial charge in [-0.25, -0.2) is 4.79 Å². The van der Waals surface area contributed by atoms with Crippen LogP contribution in [0.15, 0.2) is 36.4 Å². The third-order valence-corrected chi connectivity index (χ3v) is 4.29. The summed E-state index contributed by atoms with van der Waals surface area (Å²) in [7, 11) is 0. The smallest absolute Gasteiger partial charge is 0.337 e. The summed E-state index contributed by atoms with van der Waals surface area (Å²) in [5.74, 6) is -1.07. The van der Waals surface area contributed by atoms with Gasteiger partial charge < -0.3 is 5.11 Å². The van der Waals surface area contributed by atoms with Crippen molar-refractivity contribution in [2.24, 2.45) is 0 Å². The largest absolute Gasteiger partial charge is 0.478 e. The van der Waals surface area contributed by atoms with E-state index in [1.165, 1.54) is 0 Å². The van der Waals surface area contributed by atoms with Crippen molar-refractivity contribution in [3.8, 4) is 11.1 Å². The number of carbonyl (C=O) groups is 1. The summed E-state index contributed by atoms with van der Waals surface area (Å²) in [6.45, 7) is 1.75. The zero-order valence-electron chi connectivity index (χ0n) is 11.9. The second kappa shape index (κ2) is 6.00. The molecule has 0 saturated heterocycles. The van der Waals surface area contributed by atoms with E-state index in [4.69, 9.17) is 34.8 Å². The summed E-state index contributed by atoms with van der Waals surface area (Å²) in [6, 6.07) is 10.0. The van der Waals surface area contributed by atoms with Crippen molar-refractivity contribution in [2.45, 2.75) is 6.92 Å². The third-order valence-electron chi connectivity index (χ3n) is 3.54. The quantitative estimate of drug-likeness (QED) is 0.617. The van der Waals surface area contributed by atoms with Gasteiger partial charge in [-0.15, -0.1) is 0 Å². The van der Waals surface area contributed by atoms with Gasteiger partial charge in [0.05, 0.1) is 16.1 Å². The first kappa shape index (κ1) is 16.1. The molecule has 1 aromatic heterocycles. The van der Waals surface area contributed by atoms with Gasteiger partial charge in [-0.2, -0.15) is 0 Å². The van der Waals surface area contributed by atoms with E-state index in [9.17, 15) is 9.90 Å². The summed E-state index contributed by atoms with van der Waals surface area (Å²) in [4.78, 5) is 16.4. The summed E-state index contributed by atoms with van der Waals surface area (Å²) in [6.07, 6.45) is 0. The average Bonchev–Trinajstić information content (AvgIpc) is 2.48. The van der Waals surface area contributed by atoms with Crippen LogP contribution in [-0.2, 0) is 0 Å².